The molecule has 0 radical (unpaired) electrons. The Morgan fingerprint density at radius 1 is 1.16 bits per heavy atom. The average molecular weight is 298 g/mol. The van der Waals surface area contributed by atoms with Gasteiger partial charge in [0, 0.05) is 31.1 Å². The second kappa shape index (κ2) is 7.59. The summed E-state index contributed by atoms with van der Waals surface area (Å²) in [4.78, 5) is 29.3. The van der Waals surface area contributed by atoms with Crippen molar-refractivity contribution in [1.29, 1.82) is 0 Å². The summed E-state index contributed by atoms with van der Waals surface area (Å²) in [6.07, 6.45) is 3.99. The maximum absolute atomic E-state index is 11.1. The summed E-state index contributed by atoms with van der Waals surface area (Å²) in [5.74, 6) is 0. The molecule has 0 aliphatic carbocycles. The van der Waals surface area contributed by atoms with E-state index in [9.17, 15) is 9.59 Å². The van der Waals surface area contributed by atoms with Crippen LogP contribution in [0.1, 0.15) is 13.3 Å². The zero-order chi connectivity index (χ0) is 14.3. The molecule has 0 spiro atoms. The Balaban J connectivity index is 0.000000200. The molecule has 0 aromatic carbocycles. The molecule has 2 aromatic heterocycles. The standard InChI is InChI=1S/C7H10N2OS.C4H4N2OS/c1-2-5-9-6(10)3-4-8-7(9)11;7-3-1-2-5-4(8)6-3/h3-4H,2,5H2,1H3,(H,8,11);1-2H,(H2,5,6,7,8). The molecule has 0 aliphatic heterocycles. The third kappa shape index (κ3) is 5.14. The zero-order valence-electron chi connectivity index (χ0n) is 10.3. The lowest BCUT2D eigenvalue weighted by Gasteiger charge is -2.00. The first-order chi connectivity index (χ1) is 9.04. The van der Waals surface area contributed by atoms with Crippen molar-refractivity contribution in [3.63, 3.8) is 0 Å². The number of H-pyrrole nitrogens is 3. The number of aromatic amines is 3. The molecule has 0 unspecified atom stereocenters. The third-order valence-electron chi connectivity index (χ3n) is 2.08. The van der Waals surface area contributed by atoms with E-state index in [1.165, 1.54) is 18.3 Å². The molecule has 0 saturated heterocycles. The molecule has 2 aromatic rings. The lowest BCUT2D eigenvalue weighted by molar-refractivity contribution is 0.630. The van der Waals surface area contributed by atoms with Gasteiger partial charge in [0.2, 0.25) is 0 Å². The molecule has 0 bridgehead atoms. The fraction of sp³-hybridized carbons (Fsp3) is 0.273. The van der Waals surface area contributed by atoms with E-state index < -0.39 is 0 Å². The van der Waals surface area contributed by atoms with Crippen molar-refractivity contribution in [3.8, 4) is 0 Å². The molecule has 0 aliphatic rings. The normalized spacial score (nSPS) is 9.53. The lowest BCUT2D eigenvalue weighted by atomic mass is 10.5. The Bertz CT molecular complexity index is 688. The van der Waals surface area contributed by atoms with Crippen LogP contribution in [0, 0.1) is 9.54 Å². The summed E-state index contributed by atoms with van der Waals surface area (Å²) >= 11 is 9.50. The molecule has 0 fully saturated rings. The van der Waals surface area contributed by atoms with E-state index in [0.29, 0.717) is 16.1 Å². The molecule has 102 valence electrons. The van der Waals surface area contributed by atoms with E-state index in [1.54, 1.807) is 10.8 Å². The molecule has 6 nitrogen and oxygen atoms in total. The van der Waals surface area contributed by atoms with E-state index in [4.69, 9.17) is 12.2 Å². The highest BCUT2D eigenvalue weighted by molar-refractivity contribution is 7.71. The molecule has 19 heavy (non-hydrogen) atoms. The van der Waals surface area contributed by atoms with Crippen molar-refractivity contribution in [3.05, 3.63) is 54.8 Å². The average Bonchev–Trinajstić information content (AvgIpc) is 2.34. The SMILES string of the molecule is CCCn1c(=O)cc[nH]c1=S.O=c1cc[nH]c(=S)[nH]1. The van der Waals surface area contributed by atoms with Crippen LogP contribution in [-0.2, 0) is 6.54 Å². The van der Waals surface area contributed by atoms with E-state index in [-0.39, 0.29) is 11.1 Å². The van der Waals surface area contributed by atoms with Crippen molar-refractivity contribution >= 4 is 24.4 Å². The number of aromatic nitrogens is 4. The van der Waals surface area contributed by atoms with Gasteiger partial charge in [-0.25, -0.2) is 0 Å². The first-order valence-corrected chi connectivity index (χ1v) is 6.42. The van der Waals surface area contributed by atoms with Crippen molar-refractivity contribution in [1.82, 2.24) is 19.5 Å². The van der Waals surface area contributed by atoms with E-state index in [2.05, 4.69) is 27.2 Å². The molecule has 3 N–H and O–H groups in total. The summed E-state index contributed by atoms with van der Waals surface area (Å²) in [6, 6.07) is 2.85. The van der Waals surface area contributed by atoms with E-state index >= 15 is 0 Å². The summed E-state index contributed by atoms with van der Waals surface area (Å²) in [6.45, 7) is 2.70. The van der Waals surface area contributed by atoms with Crippen LogP contribution < -0.4 is 11.1 Å². The predicted molar refractivity (Wildman–Crippen MR) is 78.4 cm³/mol. The minimum Gasteiger partial charge on any atom is -0.339 e. The van der Waals surface area contributed by atoms with Gasteiger partial charge in [-0.3, -0.25) is 19.1 Å². The second-order valence-corrected chi connectivity index (χ2v) is 4.36. The highest BCUT2D eigenvalue weighted by Crippen LogP contribution is 1.85. The van der Waals surface area contributed by atoms with Crippen LogP contribution >= 0.6 is 24.4 Å². The number of nitrogens with zero attached hydrogens (tertiary/aromatic N) is 1. The molecule has 2 rings (SSSR count). The number of hydrogen-bond acceptors (Lipinski definition) is 4. The Hall–Kier alpha value is -1.80. The van der Waals surface area contributed by atoms with Crippen LogP contribution in [0.25, 0.3) is 0 Å². The van der Waals surface area contributed by atoms with Crippen molar-refractivity contribution < 1.29 is 0 Å². The predicted octanol–water partition coefficient (Wildman–Crippen LogP) is 1.75. The van der Waals surface area contributed by atoms with E-state index in [0.717, 1.165) is 6.42 Å². The number of hydrogen-bond donors (Lipinski definition) is 3. The molecule has 0 atom stereocenters. The topological polar surface area (TPSA) is 86.4 Å². The molecule has 0 saturated carbocycles. The smallest absolute Gasteiger partial charge is 0.254 e. The van der Waals surface area contributed by atoms with Crippen LogP contribution in [0.2, 0.25) is 0 Å². The van der Waals surface area contributed by atoms with Gasteiger partial charge >= 0.3 is 0 Å². The summed E-state index contributed by atoms with van der Waals surface area (Å²) in [5, 5.41) is 0. The molecular weight excluding hydrogens is 284 g/mol. The highest BCUT2D eigenvalue weighted by atomic mass is 32.1. The fourth-order valence-corrected chi connectivity index (χ4v) is 1.69. The van der Waals surface area contributed by atoms with Gasteiger partial charge < -0.3 is 9.97 Å². The minimum absolute atomic E-state index is 0.0319. The van der Waals surface area contributed by atoms with Crippen LogP contribution in [0.15, 0.2) is 34.1 Å². The fourth-order valence-electron chi connectivity index (χ4n) is 1.27. The van der Waals surface area contributed by atoms with Gasteiger partial charge in [-0.2, -0.15) is 0 Å². The number of nitrogens with one attached hydrogen (secondary N) is 3. The van der Waals surface area contributed by atoms with Gasteiger partial charge in [-0.1, -0.05) is 6.92 Å². The van der Waals surface area contributed by atoms with Crippen LogP contribution in [0.4, 0.5) is 0 Å². The molecular formula is C11H14N4O2S2. The summed E-state index contributed by atoms with van der Waals surface area (Å²) < 4.78 is 2.41. The van der Waals surface area contributed by atoms with Gasteiger partial charge in [-0.05, 0) is 30.9 Å². The maximum Gasteiger partial charge on any atom is 0.254 e. The van der Waals surface area contributed by atoms with Crippen molar-refractivity contribution in [2.24, 2.45) is 0 Å². The Kier molecular flexibility index (Phi) is 6.10. The first-order valence-electron chi connectivity index (χ1n) is 5.61. The Labute approximate surface area is 119 Å². The first kappa shape index (κ1) is 15.3. The van der Waals surface area contributed by atoms with Gasteiger partial charge in [0.25, 0.3) is 11.1 Å². The quantitative estimate of drug-likeness (QED) is 0.737. The monoisotopic (exact) mass is 298 g/mol. The van der Waals surface area contributed by atoms with Crippen molar-refractivity contribution in [2.45, 2.75) is 19.9 Å². The second-order valence-electron chi connectivity index (χ2n) is 3.57. The van der Waals surface area contributed by atoms with Gasteiger partial charge in [0.05, 0.1) is 0 Å². The van der Waals surface area contributed by atoms with Gasteiger partial charge in [-0.15, -0.1) is 0 Å². The van der Waals surface area contributed by atoms with Gasteiger partial charge in [0.1, 0.15) is 0 Å². The molecule has 8 heteroatoms. The molecule has 0 amide bonds. The summed E-state index contributed by atoms with van der Waals surface area (Å²) in [7, 11) is 0. The van der Waals surface area contributed by atoms with Crippen LogP contribution in [0.3, 0.4) is 0 Å². The van der Waals surface area contributed by atoms with Crippen molar-refractivity contribution in [2.75, 3.05) is 0 Å². The zero-order valence-corrected chi connectivity index (χ0v) is 11.9. The Morgan fingerprint density at radius 2 is 1.84 bits per heavy atom. The Morgan fingerprint density at radius 3 is 2.32 bits per heavy atom. The van der Waals surface area contributed by atoms with Gasteiger partial charge in [0.15, 0.2) is 9.54 Å². The van der Waals surface area contributed by atoms with Crippen LogP contribution in [-0.4, -0.2) is 19.5 Å². The maximum atomic E-state index is 11.1. The van der Waals surface area contributed by atoms with Crippen LogP contribution in [0.5, 0.6) is 0 Å². The summed E-state index contributed by atoms with van der Waals surface area (Å²) in [5.41, 5.74) is -0.204. The highest BCUT2D eigenvalue weighted by Gasteiger charge is 1.93. The molecule has 2 heterocycles. The largest absolute Gasteiger partial charge is 0.339 e. The third-order valence-corrected chi connectivity index (χ3v) is 2.64. The van der Waals surface area contributed by atoms with E-state index in [1.807, 2.05) is 6.92 Å². The lowest BCUT2D eigenvalue weighted by Crippen LogP contribution is -2.19. The number of rotatable bonds is 2. The minimum atomic E-state index is -0.172.